The third-order valence-corrected chi connectivity index (χ3v) is 6.92. The Hall–Kier alpha value is -2.33. The number of thiazole rings is 1. The molecule has 3 heterocycles. The SMILES string of the molecule is CCc1csc(C2CC(c3ccc(OC(F)(F)F)cc3)CN(C(=O)N3CCOCC3)C2)n1. The number of amides is 2. The van der Waals surface area contributed by atoms with Gasteiger partial charge in [0.2, 0.25) is 0 Å². The first kappa shape index (κ1) is 22.8. The lowest BCUT2D eigenvalue weighted by atomic mass is 9.84. The van der Waals surface area contributed by atoms with Crippen LogP contribution in [0.1, 0.15) is 41.4 Å². The Balaban J connectivity index is 1.55. The Morgan fingerprint density at radius 2 is 1.84 bits per heavy atom. The second-order valence-corrected chi connectivity index (χ2v) is 8.95. The Morgan fingerprint density at radius 1 is 1.16 bits per heavy atom. The zero-order valence-corrected chi connectivity index (χ0v) is 18.6. The van der Waals surface area contributed by atoms with Crippen LogP contribution in [0, 0.1) is 0 Å². The fourth-order valence-electron chi connectivity index (χ4n) is 4.24. The number of benzene rings is 1. The molecule has 174 valence electrons. The van der Waals surface area contributed by atoms with E-state index < -0.39 is 6.36 Å². The van der Waals surface area contributed by atoms with Crippen LogP contribution < -0.4 is 4.74 Å². The van der Waals surface area contributed by atoms with Crippen LogP contribution in [0.5, 0.6) is 5.75 Å². The minimum absolute atomic E-state index is 0.00680. The maximum atomic E-state index is 13.2. The summed E-state index contributed by atoms with van der Waals surface area (Å²) >= 11 is 1.61. The van der Waals surface area contributed by atoms with Gasteiger partial charge in [-0.15, -0.1) is 24.5 Å². The van der Waals surface area contributed by atoms with Gasteiger partial charge in [-0.3, -0.25) is 0 Å². The standard InChI is InChI=1S/C22H26F3N3O3S/c1-2-18-14-32-20(26-18)17-11-16(15-3-5-19(6-4-15)31-22(23,24)25)12-28(13-17)21(29)27-7-9-30-10-8-27/h3-6,14,16-17H,2,7-13H2,1H3. The molecule has 0 bridgehead atoms. The van der Waals surface area contributed by atoms with Crippen molar-refractivity contribution >= 4 is 17.4 Å². The van der Waals surface area contributed by atoms with Crippen LogP contribution in [0.3, 0.4) is 0 Å². The summed E-state index contributed by atoms with van der Waals surface area (Å²) in [5, 5.41) is 3.06. The molecule has 2 amide bonds. The molecule has 2 aromatic rings. The molecular formula is C22H26F3N3O3S. The molecule has 0 spiro atoms. The summed E-state index contributed by atoms with van der Waals surface area (Å²) in [4.78, 5) is 21.6. The number of hydrogen-bond acceptors (Lipinski definition) is 5. The largest absolute Gasteiger partial charge is 0.573 e. The quantitative estimate of drug-likeness (QED) is 0.655. The number of morpholine rings is 1. The molecule has 2 aliphatic rings. The van der Waals surface area contributed by atoms with Crippen LogP contribution in [-0.4, -0.2) is 66.6 Å². The lowest BCUT2D eigenvalue weighted by Crippen LogP contribution is -2.52. The third kappa shape index (κ3) is 5.53. The van der Waals surface area contributed by atoms with Gasteiger partial charge in [-0.2, -0.15) is 0 Å². The summed E-state index contributed by atoms with van der Waals surface area (Å²) < 4.78 is 46.9. The van der Waals surface area contributed by atoms with Gasteiger partial charge in [-0.05, 0) is 30.5 Å². The number of rotatable bonds is 4. The smallest absolute Gasteiger partial charge is 0.406 e. The molecule has 2 fully saturated rings. The van der Waals surface area contributed by atoms with Gasteiger partial charge in [0.25, 0.3) is 0 Å². The second kappa shape index (κ2) is 9.66. The highest BCUT2D eigenvalue weighted by Crippen LogP contribution is 2.38. The van der Waals surface area contributed by atoms with E-state index in [1.54, 1.807) is 23.5 Å². The van der Waals surface area contributed by atoms with Crippen LogP contribution in [0.2, 0.25) is 0 Å². The van der Waals surface area contributed by atoms with Gasteiger partial charge in [0.05, 0.1) is 23.9 Å². The van der Waals surface area contributed by atoms with Crippen molar-refractivity contribution < 1.29 is 27.4 Å². The number of halogens is 3. The summed E-state index contributed by atoms with van der Waals surface area (Å²) in [6.07, 6.45) is -3.09. The summed E-state index contributed by atoms with van der Waals surface area (Å²) in [7, 11) is 0. The lowest BCUT2D eigenvalue weighted by molar-refractivity contribution is -0.274. The van der Waals surface area contributed by atoms with E-state index in [1.165, 1.54) is 12.1 Å². The van der Waals surface area contributed by atoms with Gasteiger partial charge < -0.3 is 19.3 Å². The summed E-state index contributed by atoms with van der Waals surface area (Å²) in [6, 6.07) is 5.96. The Morgan fingerprint density at radius 3 is 2.47 bits per heavy atom. The number of piperidine rings is 1. The Labute approximate surface area is 188 Å². The van der Waals surface area contributed by atoms with Crippen LogP contribution in [0.15, 0.2) is 29.6 Å². The molecular weight excluding hydrogens is 443 g/mol. The number of aryl methyl sites for hydroxylation is 1. The van der Waals surface area contributed by atoms with E-state index in [-0.39, 0.29) is 23.6 Å². The first-order valence-corrected chi connectivity index (χ1v) is 11.6. The van der Waals surface area contributed by atoms with Crippen LogP contribution in [-0.2, 0) is 11.2 Å². The normalized spacial score (nSPS) is 22.1. The Bertz CT molecular complexity index is 913. The number of likely N-dealkylation sites (tertiary alicyclic amines) is 1. The zero-order valence-electron chi connectivity index (χ0n) is 17.8. The summed E-state index contributed by atoms with van der Waals surface area (Å²) in [5.41, 5.74) is 1.92. The molecule has 2 atom stereocenters. The molecule has 0 saturated carbocycles. The highest BCUT2D eigenvalue weighted by molar-refractivity contribution is 7.09. The first-order valence-electron chi connectivity index (χ1n) is 10.7. The maximum absolute atomic E-state index is 13.2. The molecule has 2 aliphatic heterocycles. The fraction of sp³-hybridized carbons (Fsp3) is 0.545. The van der Waals surface area contributed by atoms with E-state index in [9.17, 15) is 18.0 Å². The number of carbonyl (C=O) groups is 1. The number of hydrogen-bond donors (Lipinski definition) is 0. The number of ether oxygens (including phenoxy) is 2. The highest BCUT2D eigenvalue weighted by atomic mass is 32.1. The topological polar surface area (TPSA) is 54.9 Å². The van der Waals surface area contributed by atoms with Crippen molar-refractivity contribution in [3.63, 3.8) is 0 Å². The molecule has 2 saturated heterocycles. The van der Waals surface area contributed by atoms with Crippen molar-refractivity contribution in [2.45, 2.75) is 38.0 Å². The van der Waals surface area contributed by atoms with Crippen molar-refractivity contribution in [3.05, 3.63) is 45.9 Å². The molecule has 6 nitrogen and oxygen atoms in total. The van der Waals surface area contributed by atoms with E-state index in [1.807, 2.05) is 9.80 Å². The highest BCUT2D eigenvalue weighted by Gasteiger charge is 2.35. The minimum atomic E-state index is -4.72. The van der Waals surface area contributed by atoms with Crippen LogP contribution in [0.4, 0.5) is 18.0 Å². The molecule has 0 aliphatic carbocycles. The van der Waals surface area contributed by atoms with Crippen LogP contribution in [0.25, 0.3) is 0 Å². The second-order valence-electron chi connectivity index (χ2n) is 8.06. The first-order chi connectivity index (χ1) is 15.3. The number of nitrogens with zero attached hydrogens (tertiary/aromatic N) is 3. The van der Waals surface area contributed by atoms with E-state index >= 15 is 0 Å². The Kier molecular flexibility index (Phi) is 6.90. The van der Waals surface area contributed by atoms with Gasteiger partial charge in [-0.1, -0.05) is 19.1 Å². The molecule has 4 rings (SSSR count). The number of carbonyl (C=O) groups excluding carboxylic acids is 1. The number of alkyl halides is 3. The van der Waals surface area contributed by atoms with Crippen molar-refractivity contribution in [3.8, 4) is 5.75 Å². The maximum Gasteiger partial charge on any atom is 0.573 e. The zero-order chi connectivity index (χ0) is 22.7. The molecule has 0 N–H and O–H groups in total. The van der Waals surface area contributed by atoms with Gasteiger partial charge >= 0.3 is 12.4 Å². The van der Waals surface area contributed by atoms with Gasteiger partial charge in [0.15, 0.2) is 0 Å². The molecule has 0 radical (unpaired) electrons. The number of aromatic nitrogens is 1. The van der Waals surface area contributed by atoms with E-state index in [4.69, 9.17) is 9.72 Å². The molecule has 1 aromatic heterocycles. The third-order valence-electron chi connectivity index (χ3n) is 5.87. The van der Waals surface area contributed by atoms with Crippen LogP contribution >= 0.6 is 11.3 Å². The van der Waals surface area contributed by atoms with Gasteiger partial charge in [0, 0.05) is 43.4 Å². The molecule has 10 heteroatoms. The monoisotopic (exact) mass is 469 g/mol. The van der Waals surface area contributed by atoms with Crippen molar-refractivity contribution in [2.24, 2.45) is 0 Å². The predicted octanol–water partition coefficient (Wildman–Crippen LogP) is 4.63. The molecule has 32 heavy (non-hydrogen) atoms. The summed E-state index contributed by atoms with van der Waals surface area (Å²) in [6.45, 7) is 5.33. The average Bonchev–Trinajstić information content (AvgIpc) is 3.28. The van der Waals surface area contributed by atoms with Crippen molar-refractivity contribution in [1.29, 1.82) is 0 Å². The lowest BCUT2D eigenvalue weighted by Gasteiger charge is -2.40. The number of urea groups is 1. The van der Waals surface area contributed by atoms with Gasteiger partial charge in [0.1, 0.15) is 5.75 Å². The van der Waals surface area contributed by atoms with Gasteiger partial charge in [-0.25, -0.2) is 9.78 Å². The van der Waals surface area contributed by atoms with E-state index in [2.05, 4.69) is 17.0 Å². The van der Waals surface area contributed by atoms with Crippen molar-refractivity contribution in [2.75, 3.05) is 39.4 Å². The fourth-order valence-corrected chi connectivity index (χ4v) is 5.25. The molecule has 2 unspecified atom stereocenters. The minimum Gasteiger partial charge on any atom is -0.406 e. The predicted molar refractivity (Wildman–Crippen MR) is 114 cm³/mol. The average molecular weight is 470 g/mol. The summed E-state index contributed by atoms with van der Waals surface area (Å²) in [5.74, 6) is -0.176. The molecule has 1 aromatic carbocycles. The van der Waals surface area contributed by atoms with E-state index in [0.29, 0.717) is 39.4 Å². The van der Waals surface area contributed by atoms with E-state index in [0.717, 1.165) is 29.1 Å². The van der Waals surface area contributed by atoms with Crippen molar-refractivity contribution in [1.82, 2.24) is 14.8 Å².